The van der Waals surface area contributed by atoms with Gasteiger partial charge in [-0.2, -0.15) is 0 Å². The van der Waals surface area contributed by atoms with Crippen LogP contribution < -0.4 is 0 Å². The summed E-state index contributed by atoms with van der Waals surface area (Å²) in [5.74, 6) is 0.132. The van der Waals surface area contributed by atoms with E-state index in [-0.39, 0.29) is 18.1 Å². The quantitative estimate of drug-likeness (QED) is 0.473. The van der Waals surface area contributed by atoms with Crippen molar-refractivity contribution in [2.75, 3.05) is 19.6 Å². The van der Waals surface area contributed by atoms with Gasteiger partial charge in [-0.05, 0) is 56.1 Å². The fourth-order valence-corrected chi connectivity index (χ4v) is 6.73. The SMILES string of the molecule is CC(C)C1=C[C@H]2OC3(CCC(N4CC(=O)N5CCc6ccccc6C5C4)CC3)OO[C@@]2(C)CC1. The van der Waals surface area contributed by atoms with Crippen LogP contribution in [0.25, 0.3) is 0 Å². The average Bonchev–Trinajstić information content (AvgIpc) is 2.84. The number of benzene rings is 1. The topological polar surface area (TPSA) is 51.2 Å². The van der Waals surface area contributed by atoms with Crippen molar-refractivity contribution in [2.24, 2.45) is 5.92 Å². The minimum absolute atomic E-state index is 0.0622. The molecule has 34 heavy (non-hydrogen) atoms. The second kappa shape index (κ2) is 8.44. The molecule has 5 aliphatic rings. The van der Waals surface area contributed by atoms with Gasteiger partial charge in [0.25, 0.3) is 0 Å². The van der Waals surface area contributed by atoms with Crippen LogP contribution in [-0.2, 0) is 25.7 Å². The smallest absolute Gasteiger partial charge is 0.237 e. The van der Waals surface area contributed by atoms with Gasteiger partial charge in [-0.3, -0.25) is 9.69 Å². The molecule has 3 aliphatic heterocycles. The lowest BCUT2D eigenvalue weighted by Crippen LogP contribution is -2.61. The Bertz CT molecular complexity index is 982. The lowest BCUT2D eigenvalue weighted by Gasteiger charge is -2.53. The summed E-state index contributed by atoms with van der Waals surface area (Å²) in [6.07, 6.45) is 8.66. The Labute approximate surface area is 203 Å². The number of carbonyl (C=O) groups excluding carboxylic acids is 1. The Morgan fingerprint density at radius 1 is 1.06 bits per heavy atom. The molecule has 0 bridgehead atoms. The molecule has 1 amide bonds. The Hall–Kier alpha value is -1.73. The molecule has 0 N–H and O–H groups in total. The molecule has 6 rings (SSSR count). The summed E-state index contributed by atoms with van der Waals surface area (Å²) in [5.41, 5.74) is 3.78. The van der Waals surface area contributed by atoms with Crippen molar-refractivity contribution in [2.45, 2.75) is 95.3 Å². The van der Waals surface area contributed by atoms with Gasteiger partial charge in [-0.25, -0.2) is 9.78 Å². The van der Waals surface area contributed by atoms with Crippen LogP contribution >= 0.6 is 0 Å². The molecule has 1 unspecified atom stereocenters. The Morgan fingerprint density at radius 2 is 1.85 bits per heavy atom. The van der Waals surface area contributed by atoms with Crippen molar-refractivity contribution < 1.29 is 19.3 Å². The lowest BCUT2D eigenvalue weighted by atomic mass is 9.80. The molecule has 1 spiro atoms. The first-order valence-corrected chi connectivity index (χ1v) is 13.2. The van der Waals surface area contributed by atoms with E-state index in [2.05, 4.69) is 60.9 Å². The van der Waals surface area contributed by atoms with Crippen molar-refractivity contribution in [3.8, 4) is 0 Å². The van der Waals surface area contributed by atoms with Crippen molar-refractivity contribution in [3.05, 3.63) is 47.0 Å². The Balaban J connectivity index is 1.14. The number of allylic oxidation sites excluding steroid dienone is 1. The van der Waals surface area contributed by atoms with Gasteiger partial charge in [-0.1, -0.05) is 49.8 Å². The van der Waals surface area contributed by atoms with Gasteiger partial charge >= 0.3 is 0 Å². The first kappa shape index (κ1) is 22.7. The van der Waals surface area contributed by atoms with Crippen molar-refractivity contribution >= 4 is 5.91 Å². The maximum atomic E-state index is 13.1. The van der Waals surface area contributed by atoms with Crippen LogP contribution in [0.4, 0.5) is 0 Å². The second-order valence-corrected chi connectivity index (χ2v) is 11.5. The van der Waals surface area contributed by atoms with E-state index in [1.807, 2.05) is 0 Å². The second-order valence-electron chi connectivity index (χ2n) is 11.5. The summed E-state index contributed by atoms with van der Waals surface area (Å²) in [5, 5.41) is 0. The third-order valence-electron chi connectivity index (χ3n) is 9.06. The number of carbonyl (C=O) groups is 1. The number of rotatable bonds is 2. The van der Waals surface area contributed by atoms with Gasteiger partial charge < -0.3 is 9.64 Å². The summed E-state index contributed by atoms with van der Waals surface area (Å²) in [6, 6.07) is 9.19. The molecule has 3 atom stereocenters. The first-order valence-electron chi connectivity index (χ1n) is 13.2. The number of hydrogen-bond donors (Lipinski definition) is 0. The Morgan fingerprint density at radius 3 is 2.65 bits per heavy atom. The molecule has 2 saturated heterocycles. The molecule has 1 aromatic rings. The lowest BCUT2D eigenvalue weighted by molar-refractivity contribution is -0.527. The van der Waals surface area contributed by atoms with Crippen LogP contribution in [0.5, 0.6) is 0 Å². The minimum Gasteiger partial charge on any atom is -0.337 e. The van der Waals surface area contributed by atoms with E-state index in [9.17, 15) is 4.79 Å². The summed E-state index contributed by atoms with van der Waals surface area (Å²) < 4.78 is 6.67. The summed E-state index contributed by atoms with van der Waals surface area (Å²) in [7, 11) is 0. The van der Waals surface area contributed by atoms with Crippen LogP contribution in [0.2, 0.25) is 0 Å². The highest BCUT2D eigenvalue weighted by molar-refractivity contribution is 5.80. The molecule has 6 heteroatoms. The molecule has 1 saturated carbocycles. The maximum Gasteiger partial charge on any atom is 0.237 e. The summed E-state index contributed by atoms with van der Waals surface area (Å²) in [6.45, 7) is 8.89. The number of fused-ring (bicyclic) bond motifs is 4. The van der Waals surface area contributed by atoms with Crippen LogP contribution in [-0.4, -0.2) is 58.9 Å². The zero-order valence-electron chi connectivity index (χ0n) is 20.8. The molecule has 2 aliphatic carbocycles. The largest absolute Gasteiger partial charge is 0.337 e. The number of hydrogen-bond acceptors (Lipinski definition) is 5. The van der Waals surface area contributed by atoms with E-state index in [0.29, 0.717) is 18.5 Å². The van der Waals surface area contributed by atoms with Gasteiger partial charge in [0, 0.05) is 32.0 Å². The molecule has 1 aromatic carbocycles. The van der Waals surface area contributed by atoms with E-state index in [1.165, 1.54) is 16.7 Å². The molecule has 6 nitrogen and oxygen atoms in total. The van der Waals surface area contributed by atoms with Crippen LogP contribution in [0.15, 0.2) is 35.9 Å². The molecular formula is C28H38N2O4. The van der Waals surface area contributed by atoms with Gasteiger partial charge in [0.2, 0.25) is 11.7 Å². The standard InChI is InChI=1S/C28H38N2O4/c1-19(2)21-8-12-27(3)25(16-21)32-28(34-33-27)13-9-22(10-14-28)29-17-24-23-7-5-4-6-20(23)11-15-30(24)26(31)18-29/h4-7,16,19,22,24-25H,8-15,17-18H2,1-3H3/t22?,24?,25-,27+,28?/m1/s1. The third-order valence-corrected chi connectivity index (χ3v) is 9.06. The highest BCUT2D eigenvalue weighted by Gasteiger charge is 2.53. The first-order chi connectivity index (χ1) is 16.4. The predicted octanol–water partition coefficient (Wildman–Crippen LogP) is 4.55. The van der Waals surface area contributed by atoms with Crippen molar-refractivity contribution in [1.82, 2.24) is 9.80 Å². The summed E-state index contributed by atoms with van der Waals surface area (Å²) in [4.78, 5) is 29.7. The molecule has 3 heterocycles. The minimum atomic E-state index is -0.667. The van der Waals surface area contributed by atoms with Crippen LogP contribution in [0.3, 0.4) is 0 Å². The zero-order valence-corrected chi connectivity index (χ0v) is 20.8. The van der Waals surface area contributed by atoms with Crippen molar-refractivity contribution in [1.29, 1.82) is 0 Å². The average molecular weight is 467 g/mol. The fourth-order valence-electron chi connectivity index (χ4n) is 6.73. The normalized spacial score (nSPS) is 38.4. The summed E-state index contributed by atoms with van der Waals surface area (Å²) >= 11 is 0. The monoisotopic (exact) mass is 466 g/mol. The third kappa shape index (κ3) is 3.83. The Kier molecular flexibility index (Phi) is 5.64. The van der Waals surface area contributed by atoms with E-state index in [0.717, 1.165) is 58.0 Å². The molecule has 3 fully saturated rings. The highest BCUT2D eigenvalue weighted by Crippen LogP contribution is 2.47. The van der Waals surface area contributed by atoms with Gasteiger partial charge in [-0.15, -0.1) is 0 Å². The highest BCUT2D eigenvalue weighted by atomic mass is 17.2. The number of nitrogens with zero attached hydrogens (tertiary/aromatic N) is 2. The van der Waals surface area contributed by atoms with E-state index in [1.54, 1.807) is 0 Å². The van der Waals surface area contributed by atoms with Crippen molar-refractivity contribution in [3.63, 3.8) is 0 Å². The van der Waals surface area contributed by atoms with E-state index in [4.69, 9.17) is 14.5 Å². The van der Waals surface area contributed by atoms with Crippen LogP contribution in [0.1, 0.15) is 76.5 Å². The molecule has 184 valence electrons. The number of amides is 1. The van der Waals surface area contributed by atoms with Gasteiger partial charge in [0.1, 0.15) is 11.7 Å². The number of ether oxygens (including phenoxy) is 1. The predicted molar refractivity (Wildman–Crippen MR) is 129 cm³/mol. The van der Waals surface area contributed by atoms with E-state index >= 15 is 0 Å². The molecular weight excluding hydrogens is 428 g/mol. The fraction of sp³-hybridized carbons (Fsp3) is 0.679. The molecule has 0 aromatic heterocycles. The number of piperazine rings is 1. The van der Waals surface area contributed by atoms with Gasteiger partial charge in [0.15, 0.2) is 0 Å². The van der Waals surface area contributed by atoms with Gasteiger partial charge in [0.05, 0.1) is 12.6 Å². The maximum absolute atomic E-state index is 13.1. The van der Waals surface area contributed by atoms with Crippen LogP contribution in [0, 0.1) is 5.92 Å². The molecule has 0 radical (unpaired) electrons. The van der Waals surface area contributed by atoms with E-state index < -0.39 is 11.4 Å². The zero-order chi connectivity index (χ0) is 23.5.